The van der Waals surface area contributed by atoms with Gasteiger partial charge in [0.25, 0.3) is 5.69 Å². The van der Waals surface area contributed by atoms with Gasteiger partial charge >= 0.3 is 0 Å². The summed E-state index contributed by atoms with van der Waals surface area (Å²) in [5.41, 5.74) is 1.58. The van der Waals surface area contributed by atoms with E-state index in [1.165, 1.54) is 18.5 Å². The molecule has 2 heterocycles. The van der Waals surface area contributed by atoms with E-state index in [0.717, 1.165) is 0 Å². The lowest BCUT2D eigenvalue weighted by Crippen LogP contribution is -1.99. The predicted molar refractivity (Wildman–Crippen MR) is 73.1 cm³/mol. The van der Waals surface area contributed by atoms with E-state index in [2.05, 4.69) is 15.0 Å². The molecule has 0 aliphatic carbocycles. The monoisotopic (exact) mass is 289 g/mol. The Morgan fingerprint density at radius 2 is 2.15 bits per heavy atom. The third-order valence-corrected chi connectivity index (χ3v) is 3.15. The zero-order chi connectivity index (χ0) is 14.3. The Morgan fingerprint density at radius 3 is 2.90 bits per heavy atom. The summed E-state index contributed by atoms with van der Waals surface area (Å²) in [6, 6.07) is 6.23. The van der Waals surface area contributed by atoms with Gasteiger partial charge in [-0.15, -0.1) is 0 Å². The lowest BCUT2D eigenvalue weighted by atomic mass is 10.2. The molecule has 0 saturated heterocycles. The fourth-order valence-electron chi connectivity index (χ4n) is 2.05. The number of aryl methyl sites for hydroxylation is 1. The van der Waals surface area contributed by atoms with Crippen molar-refractivity contribution in [1.29, 1.82) is 0 Å². The normalized spacial score (nSPS) is 10.9. The van der Waals surface area contributed by atoms with Gasteiger partial charge in [0, 0.05) is 12.1 Å². The first-order valence-electron chi connectivity index (χ1n) is 5.68. The standard InChI is InChI=1S/C12H8ClN5O2/c1-7-16-12-10(11(13)14-6-15-12)17(7)8-3-2-4-9(5-8)18(19)20/h2-6H,1H3. The molecular formula is C12H8ClN5O2. The second-order valence-electron chi connectivity index (χ2n) is 4.11. The van der Waals surface area contributed by atoms with Gasteiger partial charge in [-0.25, -0.2) is 15.0 Å². The van der Waals surface area contributed by atoms with Crippen LogP contribution in [0.3, 0.4) is 0 Å². The maximum Gasteiger partial charge on any atom is 0.271 e. The molecule has 0 fully saturated rings. The first-order chi connectivity index (χ1) is 9.58. The van der Waals surface area contributed by atoms with Crippen LogP contribution in [0.4, 0.5) is 5.69 Å². The molecule has 1 aromatic carbocycles. The van der Waals surface area contributed by atoms with E-state index in [1.807, 2.05) is 0 Å². The Labute approximate surface area is 118 Å². The SMILES string of the molecule is Cc1nc2ncnc(Cl)c2n1-c1cccc([N+](=O)[O-])c1. The summed E-state index contributed by atoms with van der Waals surface area (Å²) in [4.78, 5) is 22.7. The lowest BCUT2D eigenvalue weighted by Gasteiger charge is -2.06. The van der Waals surface area contributed by atoms with Gasteiger partial charge in [0.2, 0.25) is 0 Å². The van der Waals surface area contributed by atoms with Crippen molar-refractivity contribution in [2.75, 3.05) is 0 Å². The van der Waals surface area contributed by atoms with Gasteiger partial charge in [0.05, 0.1) is 10.6 Å². The van der Waals surface area contributed by atoms with Crippen LogP contribution in [0.5, 0.6) is 0 Å². The Bertz CT molecular complexity index is 830. The number of halogens is 1. The van der Waals surface area contributed by atoms with Crippen molar-refractivity contribution >= 4 is 28.5 Å². The van der Waals surface area contributed by atoms with E-state index in [0.29, 0.717) is 22.7 Å². The molecule has 0 spiro atoms. The summed E-state index contributed by atoms with van der Waals surface area (Å²) in [7, 11) is 0. The number of nitro groups is 1. The van der Waals surface area contributed by atoms with Crippen LogP contribution >= 0.6 is 11.6 Å². The molecule has 0 unspecified atom stereocenters. The smallest absolute Gasteiger partial charge is 0.271 e. The zero-order valence-corrected chi connectivity index (χ0v) is 11.1. The molecule has 0 aliphatic rings. The molecule has 3 aromatic rings. The number of hydrogen-bond donors (Lipinski definition) is 0. The van der Waals surface area contributed by atoms with E-state index in [9.17, 15) is 10.1 Å². The molecule has 7 nitrogen and oxygen atoms in total. The van der Waals surface area contributed by atoms with Crippen molar-refractivity contribution in [2.45, 2.75) is 6.92 Å². The topological polar surface area (TPSA) is 86.7 Å². The number of nitro benzene ring substituents is 1. The molecule has 100 valence electrons. The maximum atomic E-state index is 10.9. The van der Waals surface area contributed by atoms with Gasteiger partial charge in [0.15, 0.2) is 10.8 Å². The second kappa shape index (κ2) is 4.53. The van der Waals surface area contributed by atoms with Crippen LogP contribution < -0.4 is 0 Å². The van der Waals surface area contributed by atoms with Gasteiger partial charge in [-0.05, 0) is 13.0 Å². The van der Waals surface area contributed by atoms with Crippen LogP contribution in [0.1, 0.15) is 5.82 Å². The number of aromatic nitrogens is 4. The Hall–Kier alpha value is -2.54. The molecular weight excluding hydrogens is 282 g/mol. The molecule has 3 rings (SSSR count). The number of hydrogen-bond acceptors (Lipinski definition) is 5. The molecule has 8 heteroatoms. The molecule has 0 N–H and O–H groups in total. The van der Waals surface area contributed by atoms with Crippen molar-refractivity contribution in [1.82, 2.24) is 19.5 Å². The van der Waals surface area contributed by atoms with Gasteiger partial charge in [-0.2, -0.15) is 0 Å². The van der Waals surface area contributed by atoms with Gasteiger partial charge < -0.3 is 0 Å². The average Bonchev–Trinajstić information content (AvgIpc) is 2.76. The van der Waals surface area contributed by atoms with Crippen molar-refractivity contribution < 1.29 is 4.92 Å². The third kappa shape index (κ3) is 1.88. The van der Waals surface area contributed by atoms with Crippen molar-refractivity contribution in [2.24, 2.45) is 0 Å². The van der Waals surface area contributed by atoms with Crippen molar-refractivity contribution in [3.8, 4) is 5.69 Å². The fourth-order valence-corrected chi connectivity index (χ4v) is 2.26. The minimum Gasteiger partial charge on any atom is -0.292 e. The summed E-state index contributed by atoms with van der Waals surface area (Å²) in [6.45, 7) is 1.77. The Balaban J connectivity index is 2.32. The van der Waals surface area contributed by atoms with Gasteiger partial charge in [0.1, 0.15) is 17.7 Å². The van der Waals surface area contributed by atoms with Gasteiger partial charge in [-0.3, -0.25) is 14.7 Å². The number of benzene rings is 1. The predicted octanol–water partition coefficient (Wildman–Crippen LogP) is 2.69. The minimum atomic E-state index is -0.448. The number of fused-ring (bicyclic) bond motifs is 1. The van der Waals surface area contributed by atoms with Gasteiger partial charge in [-0.1, -0.05) is 17.7 Å². The Kier molecular flexibility index (Phi) is 2.83. The quantitative estimate of drug-likeness (QED) is 0.411. The molecule has 20 heavy (non-hydrogen) atoms. The number of rotatable bonds is 2. The highest BCUT2D eigenvalue weighted by molar-refractivity contribution is 6.33. The zero-order valence-electron chi connectivity index (χ0n) is 10.3. The largest absolute Gasteiger partial charge is 0.292 e. The fraction of sp³-hybridized carbons (Fsp3) is 0.0833. The number of non-ortho nitro benzene ring substituents is 1. The average molecular weight is 290 g/mol. The number of imidazole rings is 1. The second-order valence-corrected chi connectivity index (χ2v) is 4.47. The van der Waals surface area contributed by atoms with Crippen LogP contribution in [-0.2, 0) is 0 Å². The molecule has 0 saturated carbocycles. The summed E-state index contributed by atoms with van der Waals surface area (Å²) in [6.07, 6.45) is 1.33. The van der Waals surface area contributed by atoms with E-state index >= 15 is 0 Å². The molecule has 0 radical (unpaired) electrons. The van der Waals surface area contributed by atoms with Crippen molar-refractivity contribution in [3.05, 3.63) is 51.7 Å². The van der Waals surface area contributed by atoms with Crippen LogP contribution in [0.25, 0.3) is 16.9 Å². The number of nitrogens with zero attached hydrogens (tertiary/aromatic N) is 5. The van der Waals surface area contributed by atoms with Crippen molar-refractivity contribution in [3.63, 3.8) is 0 Å². The highest BCUT2D eigenvalue weighted by Gasteiger charge is 2.16. The first kappa shape index (κ1) is 12.5. The van der Waals surface area contributed by atoms with Crippen LogP contribution in [0.15, 0.2) is 30.6 Å². The Morgan fingerprint density at radius 1 is 1.35 bits per heavy atom. The molecule has 0 amide bonds. The van der Waals surface area contributed by atoms with E-state index < -0.39 is 4.92 Å². The van der Waals surface area contributed by atoms with E-state index in [4.69, 9.17) is 11.6 Å². The molecule has 0 atom stereocenters. The third-order valence-electron chi connectivity index (χ3n) is 2.87. The summed E-state index contributed by atoms with van der Waals surface area (Å²) in [5, 5.41) is 11.1. The summed E-state index contributed by atoms with van der Waals surface area (Å²) >= 11 is 6.08. The first-order valence-corrected chi connectivity index (χ1v) is 6.06. The van der Waals surface area contributed by atoms with E-state index in [1.54, 1.807) is 23.6 Å². The molecule has 0 bridgehead atoms. The lowest BCUT2D eigenvalue weighted by molar-refractivity contribution is -0.384. The van der Waals surface area contributed by atoms with Crippen LogP contribution in [0.2, 0.25) is 5.15 Å². The molecule has 0 aliphatic heterocycles. The van der Waals surface area contributed by atoms with E-state index in [-0.39, 0.29) is 10.8 Å². The maximum absolute atomic E-state index is 10.9. The van der Waals surface area contributed by atoms with Crippen LogP contribution in [0, 0.1) is 17.0 Å². The highest BCUT2D eigenvalue weighted by atomic mass is 35.5. The highest BCUT2D eigenvalue weighted by Crippen LogP contribution is 2.26. The van der Waals surface area contributed by atoms with Crippen LogP contribution in [-0.4, -0.2) is 24.4 Å². The summed E-state index contributed by atoms with van der Waals surface area (Å²) < 4.78 is 1.70. The minimum absolute atomic E-state index is 0.00304. The summed E-state index contributed by atoms with van der Waals surface area (Å²) in [5.74, 6) is 0.628. The molecule has 2 aromatic heterocycles.